The van der Waals surface area contributed by atoms with Gasteiger partial charge in [0, 0.05) is 6.54 Å². The molecular formula is C13H24N2. The number of hydrogen-bond donors (Lipinski definition) is 0. The molecule has 0 aliphatic carbocycles. The lowest BCUT2D eigenvalue weighted by molar-refractivity contribution is 0.176. The van der Waals surface area contributed by atoms with Crippen molar-refractivity contribution in [1.29, 1.82) is 5.26 Å². The molecule has 0 saturated carbocycles. The molecule has 1 atom stereocenters. The quantitative estimate of drug-likeness (QED) is 0.710. The molecule has 1 aliphatic heterocycles. The van der Waals surface area contributed by atoms with Gasteiger partial charge in [-0.15, -0.1) is 0 Å². The van der Waals surface area contributed by atoms with Crippen LogP contribution in [0.15, 0.2) is 0 Å². The van der Waals surface area contributed by atoms with Crippen molar-refractivity contribution in [2.75, 3.05) is 19.6 Å². The van der Waals surface area contributed by atoms with Crippen molar-refractivity contribution in [3.05, 3.63) is 0 Å². The highest BCUT2D eigenvalue weighted by molar-refractivity contribution is 4.91. The normalized spacial score (nSPS) is 23.7. The third-order valence-electron chi connectivity index (χ3n) is 3.32. The van der Waals surface area contributed by atoms with E-state index >= 15 is 0 Å². The lowest BCUT2D eigenvalue weighted by Gasteiger charge is -2.31. The largest absolute Gasteiger partial charge is 0.303 e. The summed E-state index contributed by atoms with van der Waals surface area (Å²) in [7, 11) is 0. The maximum Gasteiger partial charge on any atom is 0.0683 e. The highest BCUT2D eigenvalue weighted by atomic mass is 15.1. The van der Waals surface area contributed by atoms with E-state index in [2.05, 4.69) is 17.9 Å². The van der Waals surface area contributed by atoms with Gasteiger partial charge in [-0.2, -0.15) is 5.26 Å². The second kappa shape index (κ2) is 5.51. The van der Waals surface area contributed by atoms with E-state index < -0.39 is 0 Å². The minimum Gasteiger partial charge on any atom is -0.303 e. The molecule has 0 aromatic carbocycles. The van der Waals surface area contributed by atoms with Crippen molar-refractivity contribution in [3.8, 4) is 6.07 Å². The monoisotopic (exact) mass is 208 g/mol. The van der Waals surface area contributed by atoms with Gasteiger partial charge in [-0.1, -0.05) is 6.92 Å². The molecule has 0 bridgehead atoms. The zero-order valence-electron chi connectivity index (χ0n) is 10.4. The molecule has 0 aromatic heterocycles. The molecule has 1 rings (SSSR count). The summed E-state index contributed by atoms with van der Waals surface area (Å²) >= 11 is 0. The second-order valence-electron chi connectivity index (χ2n) is 5.65. The van der Waals surface area contributed by atoms with Crippen molar-refractivity contribution >= 4 is 0 Å². The van der Waals surface area contributed by atoms with Crippen LogP contribution in [0.2, 0.25) is 0 Å². The Balaban J connectivity index is 2.18. The Labute approximate surface area is 94.3 Å². The predicted octanol–water partition coefficient (Wildman–Crippen LogP) is 3.05. The van der Waals surface area contributed by atoms with Gasteiger partial charge in [-0.25, -0.2) is 0 Å². The van der Waals surface area contributed by atoms with Crippen LogP contribution in [0.25, 0.3) is 0 Å². The van der Waals surface area contributed by atoms with Gasteiger partial charge in [-0.05, 0) is 58.5 Å². The summed E-state index contributed by atoms with van der Waals surface area (Å²) in [5, 5.41) is 8.91. The maximum atomic E-state index is 8.91. The fourth-order valence-corrected chi connectivity index (χ4v) is 2.29. The molecule has 15 heavy (non-hydrogen) atoms. The van der Waals surface area contributed by atoms with E-state index in [1.165, 1.54) is 32.5 Å². The van der Waals surface area contributed by atoms with Crippen LogP contribution in [0, 0.1) is 22.7 Å². The summed E-state index contributed by atoms with van der Waals surface area (Å²) in [6, 6.07) is 2.37. The molecule has 1 unspecified atom stereocenters. The fourth-order valence-electron chi connectivity index (χ4n) is 2.29. The van der Waals surface area contributed by atoms with E-state index in [0.717, 1.165) is 18.8 Å². The molecular weight excluding hydrogens is 184 g/mol. The number of hydrogen-bond acceptors (Lipinski definition) is 2. The summed E-state index contributed by atoms with van der Waals surface area (Å²) in [4.78, 5) is 2.56. The van der Waals surface area contributed by atoms with Gasteiger partial charge in [0.15, 0.2) is 0 Å². The van der Waals surface area contributed by atoms with Gasteiger partial charge < -0.3 is 4.90 Å². The average Bonchev–Trinajstić information content (AvgIpc) is 2.18. The molecule has 1 aliphatic rings. The molecule has 1 fully saturated rings. The SMILES string of the molecule is CC1CCCN(CCCC(C)(C)C#N)C1. The zero-order valence-corrected chi connectivity index (χ0v) is 10.4. The van der Waals surface area contributed by atoms with E-state index in [4.69, 9.17) is 5.26 Å². The molecule has 0 amide bonds. The van der Waals surface area contributed by atoms with Gasteiger partial charge in [-0.3, -0.25) is 0 Å². The van der Waals surface area contributed by atoms with Crippen LogP contribution >= 0.6 is 0 Å². The van der Waals surface area contributed by atoms with E-state index in [0.29, 0.717) is 0 Å². The summed E-state index contributed by atoms with van der Waals surface area (Å²) in [5.74, 6) is 0.864. The number of likely N-dealkylation sites (tertiary alicyclic amines) is 1. The van der Waals surface area contributed by atoms with E-state index in [9.17, 15) is 0 Å². The topological polar surface area (TPSA) is 27.0 Å². The van der Waals surface area contributed by atoms with Gasteiger partial charge in [0.05, 0.1) is 11.5 Å². The highest BCUT2D eigenvalue weighted by Gasteiger charge is 2.19. The predicted molar refractivity (Wildman–Crippen MR) is 63.5 cm³/mol. The molecule has 0 N–H and O–H groups in total. The van der Waals surface area contributed by atoms with Gasteiger partial charge in [0.25, 0.3) is 0 Å². The Morgan fingerprint density at radius 1 is 1.47 bits per heavy atom. The van der Waals surface area contributed by atoms with Crippen molar-refractivity contribution in [2.24, 2.45) is 11.3 Å². The highest BCUT2D eigenvalue weighted by Crippen LogP contribution is 2.22. The Bertz CT molecular complexity index is 227. The zero-order chi connectivity index (χ0) is 11.3. The first-order valence-electron chi connectivity index (χ1n) is 6.17. The second-order valence-corrected chi connectivity index (χ2v) is 5.65. The van der Waals surface area contributed by atoms with Gasteiger partial charge in [0.1, 0.15) is 0 Å². The first kappa shape index (κ1) is 12.5. The fraction of sp³-hybridized carbons (Fsp3) is 0.923. The molecule has 0 spiro atoms. The van der Waals surface area contributed by atoms with Crippen molar-refractivity contribution < 1.29 is 0 Å². The van der Waals surface area contributed by atoms with Crippen molar-refractivity contribution in [1.82, 2.24) is 4.90 Å². The number of rotatable bonds is 4. The summed E-state index contributed by atoms with van der Waals surface area (Å²) in [6.45, 7) is 10.1. The van der Waals surface area contributed by atoms with Crippen LogP contribution in [0.5, 0.6) is 0 Å². The molecule has 2 nitrogen and oxygen atoms in total. The summed E-state index contributed by atoms with van der Waals surface area (Å²) < 4.78 is 0. The molecule has 1 saturated heterocycles. The van der Waals surface area contributed by atoms with Crippen molar-refractivity contribution in [2.45, 2.75) is 46.5 Å². The van der Waals surface area contributed by atoms with Crippen LogP contribution in [0.1, 0.15) is 46.5 Å². The number of nitrogens with zero attached hydrogens (tertiary/aromatic N) is 2. The van der Waals surface area contributed by atoms with Crippen LogP contribution in [-0.4, -0.2) is 24.5 Å². The van der Waals surface area contributed by atoms with E-state index in [1.54, 1.807) is 0 Å². The van der Waals surface area contributed by atoms with E-state index in [1.807, 2.05) is 13.8 Å². The molecule has 2 heteroatoms. The number of nitriles is 1. The molecule has 1 heterocycles. The Morgan fingerprint density at radius 2 is 2.20 bits per heavy atom. The average molecular weight is 208 g/mol. The molecule has 0 aromatic rings. The van der Waals surface area contributed by atoms with E-state index in [-0.39, 0.29) is 5.41 Å². The minimum atomic E-state index is -0.137. The molecule has 86 valence electrons. The minimum absolute atomic E-state index is 0.137. The van der Waals surface area contributed by atoms with Crippen LogP contribution in [0.4, 0.5) is 0 Å². The van der Waals surface area contributed by atoms with Crippen molar-refractivity contribution in [3.63, 3.8) is 0 Å². The lowest BCUT2D eigenvalue weighted by Crippen LogP contribution is -2.35. The Kier molecular flexibility index (Phi) is 4.60. The maximum absolute atomic E-state index is 8.91. The first-order valence-corrected chi connectivity index (χ1v) is 6.17. The lowest BCUT2D eigenvalue weighted by atomic mass is 9.89. The standard InChI is InChI=1S/C13H24N2/c1-12-6-4-8-15(10-12)9-5-7-13(2,3)11-14/h12H,4-10H2,1-3H3. The summed E-state index contributed by atoms with van der Waals surface area (Å²) in [5.41, 5.74) is -0.137. The first-order chi connectivity index (χ1) is 7.03. The van der Waals surface area contributed by atoms with Crippen LogP contribution in [0.3, 0.4) is 0 Å². The smallest absolute Gasteiger partial charge is 0.0683 e. The Hall–Kier alpha value is -0.550. The third-order valence-corrected chi connectivity index (χ3v) is 3.32. The van der Waals surface area contributed by atoms with Gasteiger partial charge >= 0.3 is 0 Å². The Morgan fingerprint density at radius 3 is 2.80 bits per heavy atom. The van der Waals surface area contributed by atoms with Crippen LogP contribution < -0.4 is 0 Å². The molecule has 0 radical (unpaired) electrons. The van der Waals surface area contributed by atoms with Crippen LogP contribution in [-0.2, 0) is 0 Å². The number of piperidine rings is 1. The third kappa shape index (κ3) is 4.66. The summed E-state index contributed by atoms with van der Waals surface area (Å²) in [6.07, 6.45) is 4.92. The van der Waals surface area contributed by atoms with Gasteiger partial charge in [0.2, 0.25) is 0 Å².